The second-order valence-corrected chi connectivity index (χ2v) is 7.52. The summed E-state index contributed by atoms with van der Waals surface area (Å²) < 4.78 is 0. The summed E-state index contributed by atoms with van der Waals surface area (Å²) in [6.45, 7) is 11.1. The van der Waals surface area contributed by atoms with Crippen molar-refractivity contribution in [2.45, 2.75) is 32.4 Å². The largest absolute Gasteiger partial charge is 0.539 e. The van der Waals surface area contributed by atoms with Gasteiger partial charge in [0.05, 0.1) is 20.1 Å². The second-order valence-electron chi connectivity index (χ2n) is 7.52. The third kappa shape index (κ3) is 6.93. The zero-order chi connectivity index (χ0) is 19.8. The molecular formula is C20H31N3O4. The predicted molar refractivity (Wildman–Crippen MR) is 100 cm³/mol. The summed E-state index contributed by atoms with van der Waals surface area (Å²) in [5.74, 6) is -4.01. The third-order valence-electron chi connectivity index (χ3n) is 5.55. The number of aryl methyl sites for hydroxylation is 1. The van der Waals surface area contributed by atoms with Gasteiger partial charge < -0.3 is 19.9 Å². The SMILES string of the molecule is Cc1ccccc1CN1CCC(N2CC[NH+](C)CC2)CC1.O=C([O-])C(=O)O. The fourth-order valence-corrected chi connectivity index (χ4v) is 3.74. The quantitative estimate of drug-likeness (QED) is 0.631. The Hall–Kier alpha value is -1.96. The Morgan fingerprint density at radius 1 is 1.15 bits per heavy atom. The van der Waals surface area contributed by atoms with Crippen LogP contribution in [0.4, 0.5) is 0 Å². The number of carboxylic acids is 2. The summed E-state index contributed by atoms with van der Waals surface area (Å²) in [4.78, 5) is 25.1. The van der Waals surface area contributed by atoms with Crippen LogP contribution in [0.3, 0.4) is 0 Å². The summed E-state index contributed by atoms with van der Waals surface area (Å²) in [7, 11) is 2.32. The summed E-state index contributed by atoms with van der Waals surface area (Å²) >= 11 is 0. The molecule has 0 unspecified atom stereocenters. The zero-order valence-electron chi connectivity index (χ0n) is 16.3. The molecule has 2 fully saturated rings. The van der Waals surface area contributed by atoms with E-state index < -0.39 is 11.9 Å². The van der Waals surface area contributed by atoms with Crippen molar-refractivity contribution in [1.29, 1.82) is 0 Å². The number of quaternary nitrogens is 1. The van der Waals surface area contributed by atoms with E-state index in [2.05, 4.69) is 48.0 Å². The number of carbonyl (C=O) groups excluding carboxylic acids is 1. The molecule has 7 heteroatoms. The van der Waals surface area contributed by atoms with E-state index in [1.54, 1.807) is 4.90 Å². The number of piperidine rings is 1. The maximum Gasteiger partial charge on any atom is 0.351 e. The minimum Gasteiger partial charge on any atom is -0.539 e. The molecule has 7 nitrogen and oxygen atoms in total. The van der Waals surface area contributed by atoms with Crippen molar-refractivity contribution in [2.75, 3.05) is 46.3 Å². The van der Waals surface area contributed by atoms with Crippen LogP contribution in [0.25, 0.3) is 0 Å². The van der Waals surface area contributed by atoms with Crippen molar-refractivity contribution >= 4 is 11.9 Å². The van der Waals surface area contributed by atoms with Gasteiger partial charge in [-0.3, -0.25) is 9.80 Å². The summed E-state index contributed by atoms with van der Waals surface area (Å²) in [6.07, 6.45) is 2.70. The van der Waals surface area contributed by atoms with E-state index in [0.717, 1.165) is 12.6 Å². The first-order chi connectivity index (χ1) is 12.9. The molecule has 0 radical (unpaired) electrons. The number of nitrogens with one attached hydrogen (secondary N) is 1. The normalized spacial score (nSPS) is 19.9. The maximum atomic E-state index is 9.04. The van der Waals surface area contributed by atoms with Gasteiger partial charge in [0.2, 0.25) is 0 Å². The smallest absolute Gasteiger partial charge is 0.351 e. The Morgan fingerprint density at radius 3 is 2.22 bits per heavy atom. The monoisotopic (exact) mass is 377 g/mol. The highest BCUT2D eigenvalue weighted by Crippen LogP contribution is 2.19. The van der Waals surface area contributed by atoms with Crippen LogP contribution in [0.2, 0.25) is 0 Å². The molecule has 0 atom stereocenters. The second kappa shape index (κ2) is 10.4. The Kier molecular flexibility index (Phi) is 8.22. The number of hydrogen-bond acceptors (Lipinski definition) is 5. The van der Waals surface area contributed by atoms with E-state index in [0.29, 0.717) is 0 Å². The molecule has 0 saturated carbocycles. The van der Waals surface area contributed by atoms with Gasteiger partial charge in [0.15, 0.2) is 5.97 Å². The highest BCUT2D eigenvalue weighted by Gasteiger charge is 2.27. The van der Waals surface area contributed by atoms with Crippen molar-refractivity contribution in [3.63, 3.8) is 0 Å². The lowest BCUT2D eigenvalue weighted by Crippen LogP contribution is -3.12. The fourth-order valence-electron chi connectivity index (χ4n) is 3.74. The molecule has 0 aromatic heterocycles. The molecule has 1 aromatic rings. The highest BCUT2D eigenvalue weighted by molar-refractivity contribution is 6.26. The van der Waals surface area contributed by atoms with Gasteiger partial charge in [-0.05, 0) is 44.0 Å². The number of carbonyl (C=O) groups is 2. The van der Waals surface area contributed by atoms with Crippen LogP contribution in [0.5, 0.6) is 0 Å². The van der Waals surface area contributed by atoms with Crippen molar-refractivity contribution < 1.29 is 24.7 Å². The number of carboxylic acid groups (broad SMARTS) is 2. The number of nitrogens with zero attached hydrogens (tertiary/aromatic N) is 2. The summed E-state index contributed by atoms with van der Waals surface area (Å²) in [5.41, 5.74) is 2.93. The van der Waals surface area contributed by atoms with Gasteiger partial charge in [0.1, 0.15) is 0 Å². The minimum absolute atomic E-state index is 0.839. The van der Waals surface area contributed by atoms with Gasteiger partial charge in [-0.2, -0.15) is 0 Å². The average Bonchev–Trinajstić information content (AvgIpc) is 2.65. The topological polar surface area (TPSA) is 88.4 Å². The maximum absolute atomic E-state index is 9.04. The standard InChI is InChI=1S/C18H29N3.C2H2O4/c1-16-5-3-4-6-17(16)15-20-9-7-18(8-10-20)21-13-11-19(2)12-14-21;3-1(4)2(5)6/h3-6,18H,7-15H2,1-2H3;(H,3,4)(H,5,6). The lowest BCUT2D eigenvalue weighted by Gasteiger charge is -2.41. The zero-order valence-corrected chi connectivity index (χ0v) is 16.3. The molecule has 2 saturated heterocycles. The number of rotatable bonds is 3. The number of likely N-dealkylation sites (tertiary alicyclic amines) is 1. The van der Waals surface area contributed by atoms with Crippen LogP contribution in [0, 0.1) is 6.92 Å². The Bertz CT molecular complexity index is 609. The minimum atomic E-state index is -2.07. The van der Waals surface area contributed by atoms with Crippen LogP contribution >= 0.6 is 0 Å². The van der Waals surface area contributed by atoms with Crippen LogP contribution < -0.4 is 10.0 Å². The van der Waals surface area contributed by atoms with Crippen molar-refractivity contribution in [1.82, 2.24) is 9.80 Å². The number of likely N-dealkylation sites (N-methyl/N-ethyl adjacent to an activating group) is 1. The fraction of sp³-hybridized carbons (Fsp3) is 0.600. The van der Waals surface area contributed by atoms with Gasteiger partial charge in [-0.15, -0.1) is 0 Å². The van der Waals surface area contributed by atoms with Gasteiger partial charge in [0.25, 0.3) is 0 Å². The van der Waals surface area contributed by atoms with Gasteiger partial charge >= 0.3 is 5.97 Å². The summed E-state index contributed by atoms with van der Waals surface area (Å²) in [5, 5.41) is 16.3. The van der Waals surface area contributed by atoms with Gasteiger partial charge in [0, 0.05) is 25.7 Å². The predicted octanol–water partition coefficient (Wildman–Crippen LogP) is -1.39. The van der Waals surface area contributed by atoms with Gasteiger partial charge in [-0.1, -0.05) is 24.3 Å². The molecule has 2 aliphatic rings. The number of benzene rings is 1. The third-order valence-corrected chi connectivity index (χ3v) is 5.55. The summed E-state index contributed by atoms with van der Waals surface area (Å²) in [6, 6.07) is 9.66. The van der Waals surface area contributed by atoms with Crippen molar-refractivity contribution in [3.8, 4) is 0 Å². The van der Waals surface area contributed by atoms with Crippen LogP contribution in [0.15, 0.2) is 24.3 Å². The molecular weight excluding hydrogens is 346 g/mol. The Morgan fingerprint density at radius 2 is 1.70 bits per heavy atom. The molecule has 2 heterocycles. The van der Waals surface area contributed by atoms with Crippen LogP contribution in [0.1, 0.15) is 24.0 Å². The number of aliphatic carboxylic acids is 2. The molecule has 0 bridgehead atoms. The van der Waals surface area contributed by atoms with Crippen molar-refractivity contribution in [3.05, 3.63) is 35.4 Å². The lowest BCUT2D eigenvalue weighted by molar-refractivity contribution is -0.884. The first-order valence-corrected chi connectivity index (χ1v) is 9.63. The molecule has 0 aliphatic carbocycles. The van der Waals surface area contributed by atoms with Crippen LogP contribution in [-0.2, 0) is 16.1 Å². The molecule has 0 amide bonds. The molecule has 27 heavy (non-hydrogen) atoms. The van der Waals surface area contributed by atoms with E-state index in [1.165, 1.54) is 63.2 Å². The van der Waals surface area contributed by atoms with E-state index >= 15 is 0 Å². The molecule has 0 spiro atoms. The Balaban J connectivity index is 0.000000380. The molecule has 1 aromatic carbocycles. The Labute approximate surface area is 161 Å². The first kappa shape index (κ1) is 21.3. The van der Waals surface area contributed by atoms with E-state index in [1.807, 2.05) is 0 Å². The first-order valence-electron chi connectivity index (χ1n) is 9.63. The van der Waals surface area contributed by atoms with E-state index in [-0.39, 0.29) is 0 Å². The average molecular weight is 377 g/mol. The van der Waals surface area contributed by atoms with Crippen molar-refractivity contribution in [2.24, 2.45) is 0 Å². The van der Waals surface area contributed by atoms with E-state index in [4.69, 9.17) is 19.8 Å². The number of hydrogen-bond donors (Lipinski definition) is 2. The number of piperazine rings is 1. The molecule has 3 rings (SSSR count). The van der Waals surface area contributed by atoms with Gasteiger partial charge in [-0.25, -0.2) is 4.79 Å². The lowest BCUT2D eigenvalue weighted by atomic mass is 10.0. The molecule has 2 N–H and O–H groups in total. The van der Waals surface area contributed by atoms with Crippen LogP contribution in [-0.4, -0.2) is 79.2 Å². The van der Waals surface area contributed by atoms with E-state index in [9.17, 15) is 0 Å². The highest BCUT2D eigenvalue weighted by atomic mass is 16.4. The molecule has 2 aliphatic heterocycles. The molecule has 150 valence electrons.